The lowest BCUT2D eigenvalue weighted by atomic mass is 9.86. The Morgan fingerprint density at radius 2 is 1.94 bits per heavy atom. The van der Waals surface area contributed by atoms with Gasteiger partial charge < -0.3 is 0 Å². The van der Waals surface area contributed by atoms with E-state index in [-0.39, 0.29) is 11.0 Å². The molecule has 0 saturated heterocycles. The zero-order valence-corrected chi connectivity index (χ0v) is 10.6. The highest BCUT2D eigenvalue weighted by Gasteiger charge is 2.25. The highest BCUT2D eigenvalue weighted by Crippen LogP contribution is 2.22. The fourth-order valence-electron chi connectivity index (χ4n) is 2.55. The molecule has 0 atom stereocenters. The van der Waals surface area contributed by atoms with Crippen molar-refractivity contribution < 1.29 is 0 Å². The molecule has 0 aromatic carbocycles. The Bertz CT molecular complexity index is 466. The van der Waals surface area contributed by atoms with E-state index in [0.29, 0.717) is 0 Å². The molecule has 0 unspecified atom stereocenters. The summed E-state index contributed by atoms with van der Waals surface area (Å²) >= 11 is 0. The van der Waals surface area contributed by atoms with Gasteiger partial charge in [-0.05, 0) is 25.2 Å². The van der Waals surface area contributed by atoms with Gasteiger partial charge in [0.2, 0.25) is 0 Å². The Kier molecular flexibility index (Phi) is 2.64. The van der Waals surface area contributed by atoms with Crippen LogP contribution in [0.1, 0.15) is 50.7 Å². The summed E-state index contributed by atoms with van der Waals surface area (Å²) in [5.41, 5.74) is 1.84. The molecule has 0 fully saturated rings. The summed E-state index contributed by atoms with van der Waals surface area (Å²) < 4.78 is 1.87. The van der Waals surface area contributed by atoms with Crippen LogP contribution in [0.25, 0.3) is 0 Å². The van der Waals surface area contributed by atoms with E-state index in [4.69, 9.17) is 0 Å². The van der Waals surface area contributed by atoms with Gasteiger partial charge in [0.05, 0.1) is 0 Å². The van der Waals surface area contributed by atoms with Crippen LogP contribution >= 0.6 is 0 Å². The number of hydrogen-bond acceptors (Lipinski definition) is 2. The van der Waals surface area contributed by atoms with Crippen molar-refractivity contribution in [2.75, 3.05) is 0 Å². The van der Waals surface area contributed by atoms with Gasteiger partial charge in [0.1, 0.15) is 5.82 Å². The molecule has 1 aliphatic heterocycles. The van der Waals surface area contributed by atoms with Crippen molar-refractivity contribution in [1.29, 1.82) is 0 Å². The second-order valence-corrected chi connectivity index (χ2v) is 5.65. The molecular weight excluding hydrogens is 200 g/mol. The van der Waals surface area contributed by atoms with Crippen LogP contribution in [0.15, 0.2) is 4.79 Å². The number of rotatable bonds is 0. The minimum Gasteiger partial charge on any atom is -0.296 e. The van der Waals surface area contributed by atoms with E-state index in [2.05, 4.69) is 25.8 Å². The van der Waals surface area contributed by atoms with Crippen molar-refractivity contribution in [3.63, 3.8) is 0 Å². The van der Waals surface area contributed by atoms with Crippen molar-refractivity contribution in [2.45, 2.75) is 58.9 Å². The van der Waals surface area contributed by atoms with Crippen LogP contribution < -0.4 is 5.56 Å². The Balaban J connectivity index is 2.69. The lowest BCUT2D eigenvalue weighted by Gasteiger charge is -2.25. The smallest absolute Gasteiger partial charge is 0.257 e. The summed E-state index contributed by atoms with van der Waals surface area (Å²) in [7, 11) is 0. The molecule has 1 aromatic rings. The van der Waals surface area contributed by atoms with Crippen LogP contribution in [-0.4, -0.2) is 9.55 Å². The van der Waals surface area contributed by atoms with Gasteiger partial charge in [0.15, 0.2) is 0 Å². The average Bonchev–Trinajstić information content (AvgIpc) is 2.15. The molecule has 88 valence electrons. The zero-order valence-electron chi connectivity index (χ0n) is 10.6. The fraction of sp³-hybridized carbons (Fsp3) is 0.692. The van der Waals surface area contributed by atoms with Gasteiger partial charge in [-0.1, -0.05) is 20.8 Å². The molecule has 2 heterocycles. The third-order valence-corrected chi connectivity index (χ3v) is 3.21. The van der Waals surface area contributed by atoms with Crippen LogP contribution in [0.5, 0.6) is 0 Å². The number of aryl methyl sites for hydroxylation is 2. The topological polar surface area (TPSA) is 34.9 Å². The molecule has 0 radical (unpaired) electrons. The van der Waals surface area contributed by atoms with E-state index in [1.54, 1.807) is 0 Å². The lowest BCUT2D eigenvalue weighted by Crippen LogP contribution is -2.36. The lowest BCUT2D eigenvalue weighted by molar-refractivity contribution is 0.472. The maximum Gasteiger partial charge on any atom is 0.257 e. The average molecular weight is 220 g/mol. The second kappa shape index (κ2) is 3.72. The summed E-state index contributed by atoms with van der Waals surface area (Å²) in [5, 5.41) is 0. The van der Waals surface area contributed by atoms with Crippen LogP contribution in [-0.2, 0) is 18.4 Å². The molecule has 3 nitrogen and oxygen atoms in total. The summed E-state index contributed by atoms with van der Waals surface area (Å²) in [6.45, 7) is 9.03. The zero-order chi connectivity index (χ0) is 11.9. The minimum atomic E-state index is -0.117. The Labute approximate surface area is 96.5 Å². The van der Waals surface area contributed by atoms with Gasteiger partial charge in [-0.25, -0.2) is 4.98 Å². The molecule has 16 heavy (non-hydrogen) atoms. The van der Waals surface area contributed by atoms with Crippen LogP contribution in [0.3, 0.4) is 0 Å². The van der Waals surface area contributed by atoms with E-state index < -0.39 is 0 Å². The van der Waals surface area contributed by atoms with E-state index >= 15 is 0 Å². The molecule has 0 spiro atoms. The predicted octanol–water partition coefficient (Wildman–Crippen LogP) is 2.19. The Morgan fingerprint density at radius 1 is 1.25 bits per heavy atom. The van der Waals surface area contributed by atoms with Gasteiger partial charge >= 0.3 is 0 Å². The van der Waals surface area contributed by atoms with Crippen molar-refractivity contribution in [3.8, 4) is 0 Å². The van der Waals surface area contributed by atoms with Gasteiger partial charge in [-0.15, -0.1) is 0 Å². The fourth-order valence-corrected chi connectivity index (χ4v) is 2.55. The molecule has 0 N–H and O–H groups in total. The molecule has 0 bridgehead atoms. The number of nitrogens with zero attached hydrogens (tertiary/aromatic N) is 2. The molecule has 0 saturated carbocycles. The largest absolute Gasteiger partial charge is 0.296 e. The predicted molar refractivity (Wildman–Crippen MR) is 64.9 cm³/mol. The van der Waals surface area contributed by atoms with Crippen molar-refractivity contribution in [1.82, 2.24) is 9.55 Å². The van der Waals surface area contributed by atoms with Crippen LogP contribution in [0.4, 0.5) is 0 Å². The summed E-state index contributed by atoms with van der Waals surface area (Å²) in [6, 6.07) is 0. The van der Waals surface area contributed by atoms with Crippen molar-refractivity contribution in [3.05, 3.63) is 27.4 Å². The van der Waals surface area contributed by atoms with Gasteiger partial charge in [0.25, 0.3) is 5.56 Å². The molecule has 3 heteroatoms. The molecular formula is C13H20N2O. The van der Waals surface area contributed by atoms with Gasteiger partial charge in [0, 0.05) is 24.2 Å². The normalized spacial score (nSPS) is 16.0. The van der Waals surface area contributed by atoms with E-state index in [1.807, 2.05) is 11.5 Å². The van der Waals surface area contributed by atoms with Gasteiger partial charge in [-0.2, -0.15) is 0 Å². The highest BCUT2D eigenvalue weighted by molar-refractivity contribution is 5.25. The Morgan fingerprint density at radius 3 is 2.56 bits per heavy atom. The standard InChI is InChI=1S/C13H20N2O/c1-9-11(13(2,3)4)12(16)15-8-6-5-7-10(15)14-9/h5-8H2,1-4H3. The first-order valence-electron chi connectivity index (χ1n) is 6.02. The third kappa shape index (κ3) is 1.79. The van der Waals surface area contributed by atoms with E-state index in [9.17, 15) is 4.79 Å². The number of hydrogen-bond donors (Lipinski definition) is 0. The van der Waals surface area contributed by atoms with Crippen molar-refractivity contribution in [2.24, 2.45) is 0 Å². The molecule has 1 aliphatic rings. The highest BCUT2D eigenvalue weighted by atomic mass is 16.1. The number of fused-ring (bicyclic) bond motifs is 1. The SMILES string of the molecule is Cc1nc2n(c(=O)c1C(C)(C)C)CCCC2. The summed E-state index contributed by atoms with van der Waals surface area (Å²) in [5.74, 6) is 0.974. The molecule has 0 amide bonds. The van der Waals surface area contributed by atoms with E-state index in [1.165, 1.54) is 0 Å². The molecule has 0 aliphatic carbocycles. The Hall–Kier alpha value is -1.12. The van der Waals surface area contributed by atoms with Gasteiger partial charge in [-0.3, -0.25) is 9.36 Å². The maximum atomic E-state index is 12.4. The second-order valence-electron chi connectivity index (χ2n) is 5.65. The first-order valence-corrected chi connectivity index (χ1v) is 6.02. The molecule has 2 rings (SSSR count). The number of aromatic nitrogens is 2. The van der Waals surface area contributed by atoms with Crippen molar-refractivity contribution >= 4 is 0 Å². The van der Waals surface area contributed by atoms with Crippen LogP contribution in [0, 0.1) is 6.92 Å². The monoisotopic (exact) mass is 220 g/mol. The molecule has 1 aromatic heterocycles. The minimum absolute atomic E-state index is 0.117. The first kappa shape index (κ1) is 11.4. The van der Waals surface area contributed by atoms with Crippen LogP contribution in [0.2, 0.25) is 0 Å². The maximum absolute atomic E-state index is 12.4. The first-order chi connectivity index (χ1) is 7.41. The quantitative estimate of drug-likeness (QED) is 0.671. The van der Waals surface area contributed by atoms with E-state index in [0.717, 1.165) is 42.9 Å². The summed E-state index contributed by atoms with van der Waals surface area (Å²) in [4.78, 5) is 17.0. The third-order valence-electron chi connectivity index (χ3n) is 3.21. The summed E-state index contributed by atoms with van der Waals surface area (Å²) in [6.07, 6.45) is 3.20.